The van der Waals surface area contributed by atoms with Crippen molar-refractivity contribution in [2.24, 2.45) is 0 Å². The lowest BCUT2D eigenvalue weighted by Gasteiger charge is -2.39. The molecule has 0 radical (unpaired) electrons. The van der Waals surface area contributed by atoms with E-state index >= 15 is 0 Å². The quantitative estimate of drug-likeness (QED) is 0.0481. The Morgan fingerprint density at radius 1 is 0.887 bits per heavy atom. The van der Waals surface area contributed by atoms with Crippen molar-refractivity contribution < 1.29 is 65.2 Å². The molecule has 62 heavy (non-hydrogen) atoms. The number of allylic oxidation sites excluding steroid dienone is 6. The molecular weight excluding hydrogens is 843 g/mol. The normalized spacial score (nSPS) is 24.1. The Balaban J connectivity index is 1.16. The van der Waals surface area contributed by atoms with Gasteiger partial charge in [0, 0.05) is 67.0 Å². The van der Waals surface area contributed by atoms with Crippen LogP contribution in [0.15, 0.2) is 82.3 Å². The molecule has 0 spiro atoms. The molecule has 6 N–H and O–H groups in total. The van der Waals surface area contributed by atoms with Crippen molar-refractivity contribution in [3.63, 3.8) is 0 Å². The molecular formula is C44H61N3O13S2. The van der Waals surface area contributed by atoms with Crippen LogP contribution in [0.5, 0.6) is 0 Å². The second kappa shape index (κ2) is 20.3. The van der Waals surface area contributed by atoms with E-state index in [4.69, 9.17) is 9.47 Å². The molecule has 1 unspecified atom stereocenters. The van der Waals surface area contributed by atoms with Gasteiger partial charge in [0.25, 0.3) is 10.1 Å². The molecule has 3 heterocycles. The molecule has 2 aromatic carbocycles. The number of benzene rings is 2. The second-order valence-corrected chi connectivity index (χ2v) is 19.7. The largest absolute Gasteiger partial charge is 0.744 e. The lowest BCUT2D eigenvalue weighted by Crippen LogP contribution is -2.59. The fourth-order valence-corrected chi connectivity index (χ4v) is 9.42. The van der Waals surface area contributed by atoms with E-state index in [-0.39, 0.29) is 22.3 Å². The number of aliphatic hydroxyl groups is 4. The van der Waals surface area contributed by atoms with Crippen molar-refractivity contribution in [3.05, 3.63) is 83.6 Å². The van der Waals surface area contributed by atoms with Crippen LogP contribution in [0.1, 0.15) is 90.7 Å². The number of amides is 1. The van der Waals surface area contributed by atoms with Crippen molar-refractivity contribution in [2.75, 3.05) is 37.7 Å². The van der Waals surface area contributed by atoms with Gasteiger partial charge in [-0.25, -0.2) is 8.42 Å². The number of carbonyl (C=O) groups is 1. The van der Waals surface area contributed by atoms with Crippen LogP contribution in [0.25, 0.3) is 0 Å². The standard InChI is InChI=1S/C44H61N3O13S2/c1-6-46-33-21-19-29(61(53,54)55)26-31(33)43(2,3)36(46)16-10-7-11-17-37-44(4,5)32-27-30(62(56,57)58)20-22-34(32)47(37)24-14-8-12-18-38(49)45-23-13-9-15-25-59-42-41(52)40(51)39(50)35(28-48)60-42/h7,10-11,16-17,19-22,26-27,35,39-42,48,50-52H,6,8-9,12-15,18,23-25,28H2,1-5H3,(H2-,45,49,53,54,55,56,57,58)/t35-,39+,40+,41-,42?/m1/s1. The van der Waals surface area contributed by atoms with Gasteiger partial charge in [-0.2, -0.15) is 13.0 Å². The summed E-state index contributed by atoms with van der Waals surface area (Å²) in [5, 5.41) is 42.1. The Kier molecular flexibility index (Phi) is 16.1. The number of nitrogens with one attached hydrogen (secondary N) is 1. The van der Waals surface area contributed by atoms with Crippen LogP contribution in [0, 0.1) is 0 Å². The summed E-state index contributed by atoms with van der Waals surface area (Å²) in [6.45, 7) is 11.4. The first-order chi connectivity index (χ1) is 29.1. The fourth-order valence-electron chi connectivity index (χ4n) is 8.42. The zero-order valence-electron chi connectivity index (χ0n) is 35.9. The minimum atomic E-state index is -4.62. The molecule has 18 heteroatoms. The zero-order valence-corrected chi connectivity index (χ0v) is 37.6. The van der Waals surface area contributed by atoms with Crippen LogP contribution < -0.4 is 10.2 Å². The van der Waals surface area contributed by atoms with Gasteiger partial charge < -0.3 is 44.7 Å². The predicted octanol–water partition coefficient (Wildman–Crippen LogP) is 3.69. The number of ether oxygens (including phenoxy) is 2. The monoisotopic (exact) mass is 903 g/mol. The average Bonchev–Trinajstić information content (AvgIpc) is 3.56. The summed E-state index contributed by atoms with van der Waals surface area (Å²) < 4.78 is 82.4. The summed E-state index contributed by atoms with van der Waals surface area (Å²) in [7, 11) is -9.05. The highest BCUT2D eigenvalue weighted by molar-refractivity contribution is 7.86. The maximum Gasteiger partial charge on any atom is 0.294 e. The molecule has 2 aromatic rings. The van der Waals surface area contributed by atoms with Crippen LogP contribution in [-0.2, 0) is 45.3 Å². The lowest BCUT2D eigenvalue weighted by atomic mass is 9.81. The summed E-state index contributed by atoms with van der Waals surface area (Å²) in [6, 6.07) is 9.09. The summed E-state index contributed by atoms with van der Waals surface area (Å²) in [4.78, 5) is 14.2. The molecule has 0 bridgehead atoms. The highest BCUT2D eigenvalue weighted by atomic mass is 32.2. The third kappa shape index (κ3) is 11.1. The molecule has 3 aliphatic rings. The van der Waals surface area contributed by atoms with Crippen molar-refractivity contribution in [1.29, 1.82) is 0 Å². The zero-order chi connectivity index (χ0) is 45.6. The second-order valence-electron chi connectivity index (χ2n) is 16.9. The third-order valence-corrected chi connectivity index (χ3v) is 13.6. The summed E-state index contributed by atoms with van der Waals surface area (Å²) in [6.07, 6.45) is 7.62. The van der Waals surface area contributed by atoms with Gasteiger partial charge in [-0.15, -0.1) is 0 Å². The van der Waals surface area contributed by atoms with Gasteiger partial charge in [0.05, 0.1) is 21.8 Å². The SMILES string of the molecule is CCN1/C(=C/C=C/C=C/C2=[N+](CCCCCC(=O)NCCCCCOC3O[C@H](CO)[C@H](O)[C@H](O)[C@H]3O)c3ccc(S(=O)(=O)O)cc3C2(C)C)C(C)(C)c2cc(S(=O)(=O)[O-])ccc21. The molecule has 5 rings (SSSR count). The Morgan fingerprint density at radius 2 is 1.58 bits per heavy atom. The number of unbranched alkanes of at least 4 members (excludes halogenated alkanes) is 4. The number of hydrogen-bond acceptors (Lipinski definition) is 13. The first-order valence-corrected chi connectivity index (χ1v) is 23.9. The summed E-state index contributed by atoms with van der Waals surface area (Å²) in [5.74, 6) is -0.0583. The van der Waals surface area contributed by atoms with E-state index in [1.807, 2.05) is 65.0 Å². The van der Waals surface area contributed by atoms with Gasteiger partial charge in [-0.05, 0) is 94.8 Å². The van der Waals surface area contributed by atoms with Crippen molar-refractivity contribution >= 4 is 43.2 Å². The number of anilines is 1. The Morgan fingerprint density at radius 3 is 2.26 bits per heavy atom. The van der Waals surface area contributed by atoms with E-state index in [0.29, 0.717) is 45.3 Å². The number of carbonyl (C=O) groups excluding carboxylic acids is 1. The predicted molar refractivity (Wildman–Crippen MR) is 231 cm³/mol. The van der Waals surface area contributed by atoms with Gasteiger partial charge in [0.1, 0.15) is 41.1 Å². The summed E-state index contributed by atoms with van der Waals surface area (Å²) >= 11 is 0. The lowest BCUT2D eigenvalue weighted by molar-refractivity contribution is -0.438. The number of likely N-dealkylation sites (N-methyl/N-ethyl adjacent to an activating group) is 1. The Hall–Kier alpha value is -3.82. The van der Waals surface area contributed by atoms with Crippen LogP contribution >= 0.6 is 0 Å². The number of hydrogen-bond donors (Lipinski definition) is 6. The van der Waals surface area contributed by atoms with Gasteiger partial charge >= 0.3 is 0 Å². The third-order valence-electron chi connectivity index (χ3n) is 11.9. The fraction of sp³-hybridized carbons (Fsp3) is 0.545. The molecule has 3 aliphatic heterocycles. The van der Waals surface area contributed by atoms with E-state index < -0.39 is 68.4 Å². The smallest absolute Gasteiger partial charge is 0.294 e. The average molecular weight is 904 g/mol. The maximum atomic E-state index is 12.6. The van der Waals surface area contributed by atoms with Crippen LogP contribution in [0.4, 0.5) is 11.4 Å². The van der Waals surface area contributed by atoms with E-state index in [1.165, 1.54) is 24.3 Å². The van der Waals surface area contributed by atoms with E-state index in [0.717, 1.165) is 53.2 Å². The van der Waals surface area contributed by atoms with Crippen LogP contribution in [0.2, 0.25) is 0 Å². The number of fused-ring (bicyclic) bond motifs is 2. The van der Waals surface area contributed by atoms with E-state index in [1.54, 1.807) is 12.1 Å². The van der Waals surface area contributed by atoms with Crippen LogP contribution in [-0.4, -0.2) is 126 Å². The molecule has 1 fully saturated rings. The van der Waals surface area contributed by atoms with Crippen LogP contribution in [0.3, 0.4) is 0 Å². The molecule has 16 nitrogen and oxygen atoms in total. The molecule has 342 valence electrons. The van der Waals surface area contributed by atoms with Crippen molar-refractivity contribution in [2.45, 2.75) is 131 Å². The molecule has 0 saturated carbocycles. The first-order valence-electron chi connectivity index (χ1n) is 21.0. The molecule has 1 amide bonds. The highest BCUT2D eigenvalue weighted by Gasteiger charge is 2.46. The molecule has 0 aromatic heterocycles. The molecule has 1 saturated heterocycles. The summed E-state index contributed by atoms with van der Waals surface area (Å²) in [5.41, 5.74) is 3.83. The van der Waals surface area contributed by atoms with Gasteiger partial charge in [0.15, 0.2) is 12.0 Å². The highest BCUT2D eigenvalue weighted by Crippen LogP contribution is 2.48. The van der Waals surface area contributed by atoms with Gasteiger partial charge in [-0.1, -0.05) is 32.1 Å². The molecule has 5 atom stereocenters. The van der Waals surface area contributed by atoms with E-state index in [9.17, 15) is 51.2 Å². The van der Waals surface area contributed by atoms with Crippen molar-refractivity contribution in [3.8, 4) is 0 Å². The number of nitrogens with zero attached hydrogens (tertiary/aromatic N) is 2. The Bertz CT molecular complexity index is 2280. The maximum absolute atomic E-state index is 12.6. The topological polar surface area (TPSA) is 246 Å². The van der Waals surface area contributed by atoms with Gasteiger partial charge in [0.2, 0.25) is 11.6 Å². The minimum Gasteiger partial charge on any atom is -0.744 e. The number of aliphatic hydroxyl groups excluding tert-OH is 4. The van der Waals surface area contributed by atoms with E-state index in [2.05, 4.69) is 14.8 Å². The minimum absolute atomic E-state index is 0.0583. The molecule has 0 aliphatic carbocycles. The number of rotatable bonds is 20. The van der Waals surface area contributed by atoms with Crippen molar-refractivity contribution in [1.82, 2.24) is 5.32 Å². The first kappa shape index (κ1) is 49.2. The Labute approximate surface area is 364 Å². The van der Waals surface area contributed by atoms with Gasteiger partial charge in [-0.3, -0.25) is 9.35 Å².